The van der Waals surface area contributed by atoms with Crippen molar-refractivity contribution in [3.05, 3.63) is 24.0 Å². The van der Waals surface area contributed by atoms with Gasteiger partial charge in [0.05, 0.1) is 0 Å². The van der Waals surface area contributed by atoms with E-state index in [1.165, 1.54) is 5.69 Å². The number of nitrogens with two attached hydrogens (primary N) is 1. The number of H-pyrrole nitrogens is 1. The second-order valence-electron chi connectivity index (χ2n) is 3.54. The van der Waals surface area contributed by atoms with Crippen LogP contribution in [0.15, 0.2) is 18.3 Å². The van der Waals surface area contributed by atoms with Gasteiger partial charge >= 0.3 is 0 Å². The van der Waals surface area contributed by atoms with Crippen LogP contribution >= 0.6 is 0 Å². The zero-order valence-corrected chi connectivity index (χ0v) is 8.46. The Morgan fingerprint density at radius 2 is 2.38 bits per heavy atom. The van der Waals surface area contributed by atoms with Crippen LogP contribution in [0.1, 0.15) is 19.0 Å². The first-order valence-corrected chi connectivity index (χ1v) is 4.76. The molecule has 13 heavy (non-hydrogen) atoms. The van der Waals surface area contributed by atoms with Crippen molar-refractivity contribution in [1.29, 1.82) is 0 Å². The predicted molar refractivity (Wildman–Crippen MR) is 55.4 cm³/mol. The first kappa shape index (κ1) is 10.3. The van der Waals surface area contributed by atoms with Gasteiger partial charge in [0.1, 0.15) is 0 Å². The Morgan fingerprint density at radius 3 is 2.92 bits per heavy atom. The van der Waals surface area contributed by atoms with Crippen LogP contribution < -0.4 is 5.73 Å². The van der Waals surface area contributed by atoms with Gasteiger partial charge in [0.2, 0.25) is 0 Å². The summed E-state index contributed by atoms with van der Waals surface area (Å²) in [7, 11) is 2.13. The van der Waals surface area contributed by atoms with E-state index in [0.29, 0.717) is 6.04 Å². The first-order chi connectivity index (χ1) is 6.24. The summed E-state index contributed by atoms with van der Waals surface area (Å²) in [4.78, 5) is 5.50. The lowest BCUT2D eigenvalue weighted by Crippen LogP contribution is -2.30. The summed E-state index contributed by atoms with van der Waals surface area (Å²) >= 11 is 0. The van der Waals surface area contributed by atoms with E-state index in [-0.39, 0.29) is 0 Å². The molecule has 0 saturated carbocycles. The highest BCUT2D eigenvalue weighted by molar-refractivity contribution is 5.03. The van der Waals surface area contributed by atoms with Crippen LogP contribution in [0.25, 0.3) is 0 Å². The fourth-order valence-corrected chi connectivity index (χ4v) is 1.35. The van der Waals surface area contributed by atoms with Gasteiger partial charge in [-0.25, -0.2) is 0 Å². The number of nitrogens with zero attached hydrogens (tertiary/aromatic N) is 1. The van der Waals surface area contributed by atoms with Gasteiger partial charge in [0.15, 0.2) is 0 Å². The summed E-state index contributed by atoms with van der Waals surface area (Å²) in [6, 6.07) is 4.68. The Labute approximate surface area is 79.9 Å². The summed E-state index contributed by atoms with van der Waals surface area (Å²) in [6.07, 6.45) is 3.01. The zero-order valence-electron chi connectivity index (χ0n) is 8.46. The quantitative estimate of drug-likeness (QED) is 0.716. The number of nitrogens with one attached hydrogen (secondary N) is 1. The molecule has 1 rings (SSSR count). The molecule has 1 unspecified atom stereocenters. The average Bonchev–Trinajstić information content (AvgIpc) is 2.57. The monoisotopic (exact) mass is 181 g/mol. The molecule has 1 atom stereocenters. The van der Waals surface area contributed by atoms with Gasteiger partial charge < -0.3 is 10.7 Å². The molecule has 0 aliphatic rings. The molecule has 3 N–H and O–H groups in total. The maximum atomic E-state index is 5.51. The molecular weight excluding hydrogens is 162 g/mol. The van der Waals surface area contributed by atoms with Crippen LogP contribution in [0, 0.1) is 0 Å². The molecule has 0 aliphatic heterocycles. The van der Waals surface area contributed by atoms with Gasteiger partial charge in [-0.05, 0) is 39.1 Å². The first-order valence-electron chi connectivity index (χ1n) is 4.76. The Kier molecular flexibility index (Phi) is 3.99. The zero-order chi connectivity index (χ0) is 9.68. The van der Waals surface area contributed by atoms with Crippen molar-refractivity contribution in [3.8, 4) is 0 Å². The molecular formula is C10H19N3. The molecule has 0 aromatic carbocycles. The maximum Gasteiger partial charge on any atom is 0.0384 e. The van der Waals surface area contributed by atoms with Crippen LogP contribution in [-0.2, 0) is 6.54 Å². The van der Waals surface area contributed by atoms with Crippen molar-refractivity contribution in [1.82, 2.24) is 9.88 Å². The lowest BCUT2D eigenvalue weighted by Gasteiger charge is -2.23. The van der Waals surface area contributed by atoms with Crippen LogP contribution in [0.3, 0.4) is 0 Å². The second-order valence-corrected chi connectivity index (χ2v) is 3.54. The lowest BCUT2D eigenvalue weighted by atomic mass is 10.2. The Bertz CT molecular complexity index is 218. The Morgan fingerprint density at radius 1 is 1.62 bits per heavy atom. The van der Waals surface area contributed by atoms with Gasteiger partial charge in [-0.3, -0.25) is 4.90 Å². The topological polar surface area (TPSA) is 45.0 Å². The van der Waals surface area contributed by atoms with Crippen molar-refractivity contribution in [2.45, 2.75) is 25.9 Å². The molecule has 0 saturated heterocycles. The molecule has 1 aromatic heterocycles. The second kappa shape index (κ2) is 5.04. The summed E-state index contributed by atoms with van der Waals surface area (Å²) in [6.45, 7) is 3.93. The largest absolute Gasteiger partial charge is 0.364 e. The van der Waals surface area contributed by atoms with E-state index in [4.69, 9.17) is 5.73 Å². The fourth-order valence-electron chi connectivity index (χ4n) is 1.35. The van der Waals surface area contributed by atoms with Crippen molar-refractivity contribution in [2.24, 2.45) is 5.73 Å². The van der Waals surface area contributed by atoms with Crippen molar-refractivity contribution < 1.29 is 0 Å². The lowest BCUT2D eigenvalue weighted by molar-refractivity contribution is 0.238. The van der Waals surface area contributed by atoms with E-state index in [0.717, 1.165) is 19.5 Å². The maximum absolute atomic E-state index is 5.51. The molecule has 1 aromatic rings. The molecule has 0 bridgehead atoms. The van der Waals surface area contributed by atoms with E-state index < -0.39 is 0 Å². The average molecular weight is 181 g/mol. The Balaban J connectivity index is 2.36. The van der Waals surface area contributed by atoms with Crippen molar-refractivity contribution in [2.75, 3.05) is 13.6 Å². The van der Waals surface area contributed by atoms with Gasteiger partial charge in [-0.1, -0.05) is 0 Å². The van der Waals surface area contributed by atoms with Crippen LogP contribution in [-0.4, -0.2) is 29.5 Å². The molecule has 3 nitrogen and oxygen atoms in total. The van der Waals surface area contributed by atoms with Crippen molar-refractivity contribution in [3.63, 3.8) is 0 Å². The minimum absolute atomic E-state index is 0.549. The minimum atomic E-state index is 0.549. The number of hydrogen-bond acceptors (Lipinski definition) is 2. The third kappa shape index (κ3) is 3.20. The third-order valence-corrected chi connectivity index (χ3v) is 2.42. The smallest absolute Gasteiger partial charge is 0.0384 e. The molecule has 0 aliphatic carbocycles. The van der Waals surface area contributed by atoms with E-state index in [1.807, 2.05) is 12.3 Å². The van der Waals surface area contributed by atoms with E-state index in [2.05, 4.69) is 29.9 Å². The highest BCUT2D eigenvalue weighted by atomic mass is 15.1. The number of aromatic amines is 1. The SMILES string of the molecule is CC(CCN)N(C)Cc1ccc[nH]1. The summed E-state index contributed by atoms with van der Waals surface area (Å²) in [5, 5.41) is 0. The van der Waals surface area contributed by atoms with E-state index in [1.54, 1.807) is 0 Å². The molecule has 74 valence electrons. The summed E-state index contributed by atoms with van der Waals surface area (Å²) in [5.74, 6) is 0. The summed E-state index contributed by atoms with van der Waals surface area (Å²) < 4.78 is 0. The van der Waals surface area contributed by atoms with E-state index in [9.17, 15) is 0 Å². The number of rotatable bonds is 5. The normalized spacial score (nSPS) is 13.5. The van der Waals surface area contributed by atoms with Gasteiger partial charge in [0.25, 0.3) is 0 Å². The summed E-state index contributed by atoms with van der Waals surface area (Å²) in [5.41, 5.74) is 6.76. The molecule has 0 fully saturated rings. The van der Waals surface area contributed by atoms with Crippen LogP contribution in [0.5, 0.6) is 0 Å². The van der Waals surface area contributed by atoms with Crippen molar-refractivity contribution >= 4 is 0 Å². The fraction of sp³-hybridized carbons (Fsp3) is 0.600. The molecule has 0 radical (unpaired) electrons. The predicted octanol–water partition coefficient (Wildman–Crippen LogP) is 1.18. The van der Waals surface area contributed by atoms with Crippen LogP contribution in [0.2, 0.25) is 0 Å². The van der Waals surface area contributed by atoms with E-state index >= 15 is 0 Å². The van der Waals surface area contributed by atoms with Gasteiger partial charge in [-0.15, -0.1) is 0 Å². The Hall–Kier alpha value is -0.800. The highest BCUT2D eigenvalue weighted by Crippen LogP contribution is 2.05. The molecule has 0 spiro atoms. The molecule has 0 amide bonds. The number of aromatic nitrogens is 1. The molecule has 3 heteroatoms. The highest BCUT2D eigenvalue weighted by Gasteiger charge is 2.08. The van der Waals surface area contributed by atoms with Crippen LogP contribution in [0.4, 0.5) is 0 Å². The third-order valence-electron chi connectivity index (χ3n) is 2.42. The molecule has 1 heterocycles. The minimum Gasteiger partial charge on any atom is -0.364 e. The van der Waals surface area contributed by atoms with Gasteiger partial charge in [0, 0.05) is 24.5 Å². The standard InChI is InChI=1S/C10H19N3/c1-9(5-6-11)13(2)8-10-4-3-7-12-10/h3-4,7,9,12H,5-6,8,11H2,1-2H3. The number of hydrogen-bond donors (Lipinski definition) is 2. The van der Waals surface area contributed by atoms with Gasteiger partial charge in [-0.2, -0.15) is 0 Å².